The molecule has 3 rings (SSSR count). The van der Waals surface area contributed by atoms with Crippen LogP contribution in [-0.4, -0.2) is 60.2 Å². The normalized spacial score (nSPS) is 20.3. The molecule has 2 aliphatic rings. The van der Waals surface area contributed by atoms with Crippen molar-refractivity contribution in [3.8, 4) is 5.75 Å². The summed E-state index contributed by atoms with van der Waals surface area (Å²) in [7, 11) is 1.60. The van der Waals surface area contributed by atoms with Crippen LogP contribution in [0.4, 0.5) is 0 Å². The first kappa shape index (κ1) is 20.4. The Morgan fingerprint density at radius 3 is 2.32 bits per heavy atom. The van der Waals surface area contributed by atoms with Crippen molar-refractivity contribution < 1.29 is 19.1 Å². The van der Waals surface area contributed by atoms with E-state index in [2.05, 4.69) is 0 Å². The third-order valence-electron chi connectivity index (χ3n) is 5.87. The van der Waals surface area contributed by atoms with E-state index in [9.17, 15) is 14.4 Å². The second-order valence-electron chi connectivity index (χ2n) is 7.69. The summed E-state index contributed by atoms with van der Waals surface area (Å²) in [6.45, 7) is 3.83. The lowest BCUT2D eigenvalue weighted by Crippen LogP contribution is -2.50. The average Bonchev–Trinajstić information content (AvgIpc) is 3.23. The Morgan fingerprint density at radius 2 is 1.71 bits per heavy atom. The van der Waals surface area contributed by atoms with E-state index in [0.29, 0.717) is 44.5 Å². The summed E-state index contributed by atoms with van der Waals surface area (Å²) in [5.74, 6) is 0.949. The van der Waals surface area contributed by atoms with E-state index < -0.39 is 0 Å². The number of Topliss-reactive ketones (excluding diaryl/α,β-unsaturated/α-hetero) is 1. The molecular weight excluding hydrogens is 356 g/mol. The van der Waals surface area contributed by atoms with Crippen LogP contribution in [0.1, 0.15) is 55.8 Å². The lowest BCUT2D eigenvalue weighted by molar-refractivity contribution is -0.144. The molecule has 1 atom stereocenters. The molecule has 1 aromatic rings. The topological polar surface area (TPSA) is 66.9 Å². The van der Waals surface area contributed by atoms with Crippen molar-refractivity contribution >= 4 is 17.6 Å². The predicted molar refractivity (Wildman–Crippen MR) is 106 cm³/mol. The molecule has 0 radical (unpaired) electrons. The summed E-state index contributed by atoms with van der Waals surface area (Å²) in [4.78, 5) is 41.6. The molecular formula is C22H30N2O4. The summed E-state index contributed by atoms with van der Waals surface area (Å²) < 4.78 is 5.14. The molecule has 6 heteroatoms. The zero-order valence-corrected chi connectivity index (χ0v) is 16.9. The third kappa shape index (κ3) is 4.37. The fourth-order valence-corrected chi connectivity index (χ4v) is 4.24. The fraction of sp³-hybridized carbons (Fsp3) is 0.591. The molecule has 6 nitrogen and oxygen atoms in total. The maximum absolute atomic E-state index is 13.0. The Kier molecular flexibility index (Phi) is 6.70. The molecule has 1 aromatic carbocycles. The number of nitrogens with zero attached hydrogens (tertiary/aromatic N) is 2. The van der Waals surface area contributed by atoms with Gasteiger partial charge in [0, 0.05) is 37.5 Å². The second kappa shape index (κ2) is 9.22. The Labute approximate surface area is 166 Å². The number of likely N-dealkylation sites (tertiary alicyclic amines) is 2. The molecule has 0 aromatic heterocycles. The molecule has 2 amide bonds. The smallest absolute Gasteiger partial charge is 0.245 e. The van der Waals surface area contributed by atoms with Gasteiger partial charge in [0.05, 0.1) is 7.11 Å². The molecule has 1 unspecified atom stereocenters. The number of ketones is 1. The van der Waals surface area contributed by atoms with Crippen LogP contribution in [0.2, 0.25) is 0 Å². The number of hydrogen-bond donors (Lipinski definition) is 0. The standard InChI is InChI=1S/C22H30N2O4/c1-3-5-20(25)24-13-4-6-19(24)22(27)23-14-11-17(12-15-23)21(26)16-7-9-18(28-2)10-8-16/h7-10,17,19H,3-6,11-15H2,1-2H3. The summed E-state index contributed by atoms with van der Waals surface area (Å²) in [6, 6.07) is 6.89. The van der Waals surface area contributed by atoms with Crippen LogP contribution in [0.15, 0.2) is 24.3 Å². The van der Waals surface area contributed by atoms with Gasteiger partial charge in [0.1, 0.15) is 11.8 Å². The lowest BCUT2D eigenvalue weighted by atomic mass is 9.88. The van der Waals surface area contributed by atoms with Gasteiger partial charge in [-0.2, -0.15) is 0 Å². The van der Waals surface area contributed by atoms with Gasteiger partial charge in [0.2, 0.25) is 11.8 Å². The highest BCUT2D eigenvalue weighted by atomic mass is 16.5. The molecule has 0 N–H and O–H groups in total. The van der Waals surface area contributed by atoms with Gasteiger partial charge in [0.15, 0.2) is 5.78 Å². The monoisotopic (exact) mass is 386 g/mol. The number of ether oxygens (including phenoxy) is 1. The summed E-state index contributed by atoms with van der Waals surface area (Å²) >= 11 is 0. The molecule has 0 saturated carbocycles. The maximum Gasteiger partial charge on any atom is 0.245 e. The van der Waals surface area contributed by atoms with Crippen molar-refractivity contribution in [2.45, 2.75) is 51.5 Å². The van der Waals surface area contributed by atoms with Crippen LogP contribution in [0.5, 0.6) is 5.75 Å². The van der Waals surface area contributed by atoms with Crippen LogP contribution in [0.25, 0.3) is 0 Å². The van der Waals surface area contributed by atoms with Crippen molar-refractivity contribution in [3.05, 3.63) is 29.8 Å². The van der Waals surface area contributed by atoms with Crippen LogP contribution in [-0.2, 0) is 9.59 Å². The van der Waals surface area contributed by atoms with E-state index in [0.717, 1.165) is 25.0 Å². The predicted octanol–water partition coefficient (Wildman–Crippen LogP) is 2.91. The number of methoxy groups -OCH3 is 1. The molecule has 0 bridgehead atoms. The summed E-state index contributed by atoms with van der Waals surface area (Å²) in [5.41, 5.74) is 0.692. The number of carbonyl (C=O) groups is 3. The molecule has 2 fully saturated rings. The highest BCUT2D eigenvalue weighted by Gasteiger charge is 2.37. The van der Waals surface area contributed by atoms with E-state index in [1.54, 1.807) is 36.3 Å². The van der Waals surface area contributed by atoms with Crippen LogP contribution < -0.4 is 4.74 Å². The van der Waals surface area contributed by atoms with E-state index in [1.165, 1.54) is 0 Å². The highest BCUT2D eigenvalue weighted by Crippen LogP contribution is 2.26. The van der Waals surface area contributed by atoms with E-state index in [1.807, 2.05) is 11.8 Å². The SMILES string of the molecule is CCCC(=O)N1CCCC1C(=O)N1CCC(C(=O)c2ccc(OC)cc2)CC1. The van der Waals surface area contributed by atoms with Crippen molar-refractivity contribution in [1.29, 1.82) is 0 Å². The first-order chi connectivity index (χ1) is 13.5. The number of amides is 2. The molecule has 0 spiro atoms. The Bertz CT molecular complexity index is 708. The van der Waals surface area contributed by atoms with Crippen molar-refractivity contribution in [1.82, 2.24) is 9.80 Å². The van der Waals surface area contributed by atoms with Crippen LogP contribution in [0, 0.1) is 5.92 Å². The Balaban J connectivity index is 1.56. The fourth-order valence-electron chi connectivity index (χ4n) is 4.24. The molecule has 28 heavy (non-hydrogen) atoms. The number of rotatable bonds is 6. The number of hydrogen-bond acceptors (Lipinski definition) is 4. The highest BCUT2D eigenvalue weighted by molar-refractivity contribution is 5.98. The zero-order valence-electron chi connectivity index (χ0n) is 16.9. The van der Waals surface area contributed by atoms with E-state index >= 15 is 0 Å². The van der Waals surface area contributed by atoms with E-state index in [-0.39, 0.29) is 29.6 Å². The minimum Gasteiger partial charge on any atom is -0.497 e. The van der Waals surface area contributed by atoms with Gasteiger partial charge < -0.3 is 14.5 Å². The van der Waals surface area contributed by atoms with Gasteiger partial charge >= 0.3 is 0 Å². The molecule has 0 aliphatic carbocycles. The number of piperidine rings is 1. The van der Waals surface area contributed by atoms with Crippen LogP contribution in [0.3, 0.4) is 0 Å². The Morgan fingerprint density at radius 1 is 1.04 bits per heavy atom. The lowest BCUT2D eigenvalue weighted by Gasteiger charge is -2.35. The average molecular weight is 386 g/mol. The van der Waals surface area contributed by atoms with Crippen molar-refractivity contribution in [2.24, 2.45) is 5.92 Å². The quantitative estimate of drug-likeness (QED) is 0.705. The molecule has 2 aliphatic heterocycles. The molecule has 2 heterocycles. The van der Waals surface area contributed by atoms with Gasteiger partial charge in [-0.15, -0.1) is 0 Å². The first-order valence-electron chi connectivity index (χ1n) is 10.3. The third-order valence-corrected chi connectivity index (χ3v) is 5.87. The number of carbonyl (C=O) groups excluding carboxylic acids is 3. The second-order valence-corrected chi connectivity index (χ2v) is 7.69. The largest absolute Gasteiger partial charge is 0.497 e. The summed E-state index contributed by atoms with van der Waals surface area (Å²) in [5, 5.41) is 0. The van der Waals surface area contributed by atoms with Gasteiger partial charge in [-0.25, -0.2) is 0 Å². The van der Waals surface area contributed by atoms with Crippen LogP contribution >= 0.6 is 0 Å². The number of benzene rings is 1. The minimum absolute atomic E-state index is 0.0531. The first-order valence-corrected chi connectivity index (χ1v) is 10.3. The van der Waals surface area contributed by atoms with Crippen molar-refractivity contribution in [2.75, 3.05) is 26.7 Å². The molecule has 152 valence electrons. The zero-order chi connectivity index (χ0) is 20.1. The van der Waals surface area contributed by atoms with Gasteiger partial charge in [-0.05, 0) is 56.4 Å². The van der Waals surface area contributed by atoms with E-state index in [4.69, 9.17) is 4.74 Å². The maximum atomic E-state index is 13.0. The molecule has 2 saturated heterocycles. The van der Waals surface area contributed by atoms with Gasteiger partial charge in [-0.3, -0.25) is 14.4 Å². The summed E-state index contributed by atoms with van der Waals surface area (Å²) in [6.07, 6.45) is 4.28. The van der Waals surface area contributed by atoms with Gasteiger partial charge in [0.25, 0.3) is 0 Å². The van der Waals surface area contributed by atoms with Crippen molar-refractivity contribution in [3.63, 3.8) is 0 Å². The Hall–Kier alpha value is -2.37. The van der Waals surface area contributed by atoms with Gasteiger partial charge in [-0.1, -0.05) is 6.92 Å². The minimum atomic E-state index is -0.312.